The molecule has 10 heteroatoms. The minimum atomic E-state index is -0.516. The topological polar surface area (TPSA) is 105 Å². The molecule has 1 aromatic heterocycles. The van der Waals surface area contributed by atoms with Crippen LogP contribution in [0.25, 0.3) is 0 Å². The lowest BCUT2D eigenvalue weighted by molar-refractivity contribution is -0.380. The van der Waals surface area contributed by atoms with Crippen LogP contribution in [-0.2, 0) is 4.79 Å². The maximum absolute atomic E-state index is 12.6. The van der Waals surface area contributed by atoms with Crippen molar-refractivity contribution in [2.75, 3.05) is 19.6 Å². The van der Waals surface area contributed by atoms with Gasteiger partial charge in [-0.15, -0.1) is 12.4 Å². The Kier molecular flexibility index (Phi) is 8.27. The number of halogens is 1. The first kappa shape index (κ1) is 21.3. The minimum absolute atomic E-state index is 0. The molecule has 0 bridgehead atoms. The standard InChI is InChI=1S/C15H22N4O4S.ClH/c1-3-16-10(2)9-17-14(20)11-5-4-8-18(11)15(21)12-6-7-13(24-12)19(22)23;/h6-7,10-11,16H,3-5,8-9H2,1-2H3,(H,17,20);1H/t10-,11?;/m1./s1. The second kappa shape index (κ2) is 9.69. The Morgan fingerprint density at radius 2 is 2.20 bits per heavy atom. The number of hydrogen-bond donors (Lipinski definition) is 2. The van der Waals surface area contributed by atoms with Gasteiger partial charge in [0.05, 0.1) is 9.80 Å². The first-order valence-electron chi connectivity index (χ1n) is 8.00. The molecule has 1 fully saturated rings. The summed E-state index contributed by atoms with van der Waals surface area (Å²) in [5.74, 6) is -0.484. The number of nitrogens with one attached hydrogen (secondary N) is 2. The van der Waals surface area contributed by atoms with E-state index < -0.39 is 11.0 Å². The van der Waals surface area contributed by atoms with Gasteiger partial charge in [-0.25, -0.2) is 0 Å². The number of likely N-dealkylation sites (N-methyl/N-ethyl adjacent to an activating group) is 1. The van der Waals surface area contributed by atoms with Crippen LogP contribution in [-0.4, -0.2) is 53.4 Å². The smallest absolute Gasteiger partial charge is 0.324 e. The van der Waals surface area contributed by atoms with E-state index in [0.717, 1.165) is 24.3 Å². The molecule has 8 nitrogen and oxygen atoms in total. The van der Waals surface area contributed by atoms with Crippen molar-refractivity contribution >= 4 is 40.6 Å². The van der Waals surface area contributed by atoms with Gasteiger partial charge in [-0.05, 0) is 32.4 Å². The summed E-state index contributed by atoms with van der Waals surface area (Å²) in [4.78, 5) is 37.0. The highest BCUT2D eigenvalue weighted by atomic mass is 35.5. The quantitative estimate of drug-likeness (QED) is 0.545. The van der Waals surface area contributed by atoms with E-state index in [1.165, 1.54) is 17.0 Å². The SMILES string of the molecule is CCN[C@H](C)CNC(=O)C1CCCN1C(=O)c1ccc([N+](=O)[O-])s1.Cl. The number of amides is 2. The van der Waals surface area contributed by atoms with E-state index in [-0.39, 0.29) is 35.3 Å². The second-order valence-corrected chi connectivity index (χ2v) is 6.82. The molecule has 0 saturated carbocycles. The van der Waals surface area contributed by atoms with Crippen molar-refractivity contribution in [3.05, 3.63) is 27.1 Å². The number of hydrogen-bond acceptors (Lipinski definition) is 6. The van der Waals surface area contributed by atoms with E-state index in [1.807, 2.05) is 13.8 Å². The van der Waals surface area contributed by atoms with Gasteiger partial charge in [0.2, 0.25) is 5.91 Å². The highest BCUT2D eigenvalue weighted by molar-refractivity contribution is 7.17. The second-order valence-electron chi connectivity index (χ2n) is 5.76. The van der Waals surface area contributed by atoms with Crippen molar-refractivity contribution in [2.24, 2.45) is 0 Å². The molecule has 2 N–H and O–H groups in total. The molecule has 2 amide bonds. The van der Waals surface area contributed by atoms with Crippen molar-refractivity contribution in [1.29, 1.82) is 0 Å². The van der Waals surface area contributed by atoms with Crippen molar-refractivity contribution in [1.82, 2.24) is 15.5 Å². The van der Waals surface area contributed by atoms with Crippen LogP contribution in [0.3, 0.4) is 0 Å². The highest BCUT2D eigenvalue weighted by Gasteiger charge is 2.35. The largest absolute Gasteiger partial charge is 0.353 e. The molecule has 0 radical (unpaired) electrons. The molecule has 2 atom stereocenters. The summed E-state index contributed by atoms with van der Waals surface area (Å²) in [6, 6.07) is 2.42. The van der Waals surface area contributed by atoms with Crippen LogP contribution in [0.2, 0.25) is 0 Å². The van der Waals surface area contributed by atoms with Gasteiger partial charge in [-0.2, -0.15) is 0 Å². The van der Waals surface area contributed by atoms with Crippen molar-refractivity contribution in [3.63, 3.8) is 0 Å². The molecule has 0 spiro atoms. The maximum atomic E-state index is 12.6. The summed E-state index contributed by atoms with van der Waals surface area (Å²) in [7, 11) is 0. The van der Waals surface area contributed by atoms with Crippen LogP contribution < -0.4 is 10.6 Å². The molecular weight excluding hydrogens is 368 g/mol. The molecule has 140 valence electrons. The van der Waals surface area contributed by atoms with E-state index >= 15 is 0 Å². The van der Waals surface area contributed by atoms with Gasteiger partial charge in [0.15, 0.2) is 0 Å². The van der Waals surface area contributed by atoms with E-state index in [4.69, 9.17) is 0 Å². The number of carbonyl (C=O) groups excluding carboxylic acids is 2. The predicted octanol–water partition coefficient (Wildman–Crippen LogP) is 1.80. The van der Waals surface area contributed by atoms with Crippen LogP contribution in [0.1, 0.15) is 36.4 Å². The molecule has 0 aromatic carbocycles. The van der Waals surface area contributed by atoms with E-state index in [2.05, 4.69) is 10.6 Å². The lowest BCUT2D eigenvalue weighted by Crippen LogP contribution is -2.48. The Bertz CT molecular complexity index is 624. The van der Waals surface area contributed by atoms with E-state index in [0.29, 0.717) is 24.4 Å². The Balaban J connectivity index is 0.00000312. The maximum Gasteiger partial charge on any atom is 0.324 e. The average Bonchev–Trinajstić information content (AvgIpc) is 3.21. The van der Waals surface area contributed by atoms with Gasteiger partial charge in [-0.3, -0.25) is 19.7 Å². The van der Waals surface area contributed by atoms with Crippen molar-refractivity contribution < 1.29 is 14.5 Å². The van der Waals surface area contributed by atoms with Gasteiger partial charge in [0, 0.05) is 25.2 Å². The highest BCUT2D eigenvalue weighted by Crippen LogP contribution is 2.28. The van der Waals surface area contributed by atoms with Gasteiger partial charge >= 0.3 is 5.00 Å². The average molecular weight is 391 g/mol. The molecule has 2 heterocycles. The predicted molar refractivity (Wildman–Crippen MR) is 98.4 cm³/mol. The van der Waals surface area contributed by atoms with Crippen LogP contribution >= 0.6 is 23.7 Å². The number of carbonyl (C=O) groups is 2. The minimum Gasteiger partial charge on any atom is -0.353 e. The van der Waals surface area contributed by atoms with Crippen molar-refractivity contribution in [2.45, 2.75) is 38.8 Å². The fraction of sp³-hybridized carbons (Fsp3) is 0.600. The first-order valence-corrected chi connectivity index (χ1v) is 8.82. The zero-order valence-corrected chi connectivity index (χ0v) is 15.8. The summed E-state index contributed by atoms with van der Waals surface area (Å²) in [5.41, 5.74) is 0. The lowest BCUT2D eigenvalue weighted by Gasteiger charge is -2.24. The molecule has 1 saturated heterocycles. The van der Waals surface area contributed by atoms with Crippen molar-refractivity contribution in [3.8, 4) is 0 Å². The third kappa shape index (κ3) is 5.38. The van der Waals surface area contributed by atoms with Crippen LogP contribution in [0, 0.1) is 10.1 Å². The number of nitrogens with zero attached hydrogens (tertiary/aromatic N) is 2. The molecule has 25 heavy (non-hydrogen) atoms. The summed E-state index contributed by atoms with van der Waals surface area (Å²) in [6.07, 6.45) is 1.36. The third-order valence-corrected chi connectivity index (χ3v) is 4.96. The van der Waals surface area contributed by atoms with Crippen LogP contribution in [0.5, 0.6) is 0 Å². The molecule has 1 aliphatic rings. The van der Waals surface area contributed by atoms with Crippen LogP contribution in [0.4, 0.5) is 5.00 Å². The fourth-order valence-corrected chi connectivity index (χ4v) is 3.53. The van der Waals surface area contributed by atoms with Gasteiger partial charge in [0.25, 0.3) is 5.91 Å². The Hall–Kier alpha value is -1.71. The number of nitro groups is 1. The summed E-state index contributed by atoms with van der Waals surface area (Å²) >= 11 is 0.843. The molecule has 1 aromatic rings. The normalized spacial score (nSPS) is 17.7. The van der Waals surface area contributed by atoms with E-state index in [9.17, 15) is 19.7 Å². The zero-order chi connectivity index (χ0) is 17.7. The summed E-state index contributed by atoms with van der Waals surface area (Å²) < 4.78 is 0. The fourth-order valence-electron chi connectivity index (χ4n) is 2.76. The Morgan fingerprint density at radius 1 is 1.48 bits per heavy atom. The Labute approximate surface area is 156 Å². The van der Waals surface area contributed by atoms with Crippen LogP contribution in [0.15, 0.2) is 12.1 Å². The van der Waals surface area contributed by atoms with Gasteiger partial charge in [-0.1, -0.05) is 18.3 Å². The number of rotatable bonds is 7. The van der Waals surface area contributed by atoms with E-state index in [1.54, 1.807) is 0 Å². The summed E-state index contributed by atoms with van der Waals surface area (Å²) in [5, 5.41) is 16.8. The third-order valence-electron chi connectivity index (χ3n) is 3.93. The molecular formula is C15H23ClN4O4S. The monoisotopic (exact) mass is 390 g/mol. The zero-order valence-electron chi connectivity index (χ0n) is 14.2. The summed E-state index contributed by atoms with van der Waals surface area (Å²) in [6.45, 7) is 5.78. The number of thiophene rings is 1. The van der Waals surface area contributed by atoms with Gasteiger partial charge in [0.1, 0.15) is 6.04 Å². The molecule has 1 aliphatic heterocycles. The molecule has 0 aliphatic carbocycles. The molecule has 1 unspecified atom stereocenters. The lowest BCUT2D eigenvalue weighted by atomic mass is 10.2. The number of likely N-dealkylation sites (tertiary alicyclic amines) is 1. The first-order chi connectivity index (χ1) is 11.4. The molecule has 2 rings (SSSR count). The Morgan fingerprint density at radius 3 is 2.80 bits per heavy atom. The van der Waals surface area contributed by atoms with Gasteiger partial charge < -0.3 is 15.5 Å².